The standard InChI is InChI=1S/C21H27N3O2S2/c1-22-7-2-4-17-14-16(5-6-18(17)22)15-19-20(25)24(21(27)28-19)9-3-8-23-10-12-26-13-11-23/h5-6,14-15H,2-4,7-13H2,1H3/b19-15-. The molecule has 0 atom stereocenters. The van der Waals surface area contributed by atoms with Gasteiger partial charge in [0.15, 0.2) is 0 Å². The van der Waals surface area contributed by atoms with Gasteiger partial charge in [0.1, 0.15) is 4.32 Å². The second-order valence-electron chi connectivity index (χ2n) is 7.55. The Labute approximate surface area is 176 Å². The smallest absolute Gasteiger partial charge is 0.266 e. The zero-order valence-electron chi connectivity index (χ0n) is 16.4. The van der Waals surface area contributed by atoms with Crippen molar-refractivity contribution in [2.45, 2.75) is 19.3 Å². The van der Waals surface area contributed by atoms with Crippen molar-refractivity contribution in [3.8, 4) is 0 Å². The van der Waals surface area contributed by atoms with Gasteiger partial charge in [-0.05, 0) is 48.6 Å². The van der Waals surface area contributed by atoms with Gasteiger partial charge in [0.2, 0.25) is 0 Å². The lowest BCUT2D eigenvalue weighted by Crippen LogP contribution is -2.38. The molecule has 3 aliphatic rings. The number of benzene rings is 1. The van der Waals surface area contributed by atoms with Gasteiger partial charge >= 0.3 is 0 Å². The molecule has 0 saturated carbocycles. The molecule has 2 fully saturated rings. The molecule has 1 amide bonds. The number of carbonyl (C=O) groups excluding carboxylic acids is 1. The predicted octanol–water partition coefficient (Wildman–Crippen LogP) is 2.99. The van der Waals surface area contributed by atoms with E-state index in [0.717, 1.165) is 62.7 Å². The van der Waals surface area contributed by atoms with Crippen molar-refractivity contribution < 1.29 is 9.53 Å². The summed E-state index contributed by atoms with van der Waals surface area (Å²) in [5.41, 5.74) is 3.76. The highest BCUT2D eigenvalue weighted by atomic mass is 32.2. The number of carbonyl (C=O) groups is 1. The Bertz CT molecular complexity index is 790. The van der Waals surface area contributed by atoms with Crippen LogP contribution < -0.4 is 4.90 Å². The second-order valence-corrected chi connectivity index (χ2v) is 9.23. The van der Waals surface area contributed by atoms with Crippen molar-refractivity contribution in [1.29, 1.82) is 0 Å². The van der Waals surface area contributed by atoms with E-state index in [-0.39, 0.29) is 5.91 Å². The third-order valence-corrected chi connectivity index (χ3v) is 6.96. The van der Waals surface area contributed by atoms with E-state index in [0.29, 0.717) is 10.9 Å². The van der Waals surface area contributed by atoms with Crippen LogP contribution in [0.25, 0.3) is 6.08 Å². The number of fused-ring (bicyclic) bond motifs is 1. The van der Waals surface area contributed by atoms with Crippen molar-refractivity contribution in [2.75, 3.05) is 57.9 Å². The molecule has 28 heavy (non-hydrogen) atoms. The summed E-state index contributed by atoms with van der Waals surface area (Å²) < 4.78 is 6.06. The number of rotatable bonds is 5. The topological polar surface area (TPSA) is 36.0 Å². The molecule has 0 N–H and O–H groups in total. The summed E-state index contributed by atoms with van der Waals surface area (Å²) in [6.07, 6.45) is 5.21. The third kappa shape index (κ3) is 4.43. The molecule has 3 heterocycles. The van der Waals surface area contributed by atoms with Crippen LogP contribution in [-0.2, 0) is 16.0 Å². The first-order valence-corrected chi connectivity index (χ1v) is 11.2. The van der Waals surface area contributed by atoms with Crippen molar-refractivity contribution in [3.05, 3.63) is 34.2 Å². The summed E-state index contributed by atoms with van der Waals surface area (Å²) in [4.78, 5) is 20.0. The van der Waals surface area contributed by atoms with Gasteiger partial charge in [-0.2, -0.15) is 0 Å². The van der Waals surface area contributed by atoms with Gasteiger partial charge in [-0.15, -0.1) is 0 Å². The number of morpholine rings is 1. The van der Waals surface area contributed by atoms with E-state index in [1.54, 1.807) is 4.90 Å². The number of ether oxygens (including phenoxy) is 1. The normalized spacial score (nSPS) is 22.2. The first-order chi connectivity index (χ1) is 13.6. The summed E-state index contributed by atoms with van der Waals surface area (Å²) in [5.74, 6) is 0.0480. The molecule has 5 nitrogen and oxygen atoms in total. The van der Waals surface area contributed by atoms with Crippen LogP contribution in [0, 0.1) is 0 Å². The fraction of sp³-hybridized carbons (Fsp3) is 0.524. The Morgan fingerprint density at radius 3 is 2.86 bits per heavy atom. The minimum Gasteiger partial charge on any atom is -0.379 e. The van der Waals surface area contributed by atoms with E-state index in [1.807, 2.05) is 6.08 Å². The Balaban J connectivity index is 1.39. The van der Waals surface area contributed by atoms with Crippen LogP contribution in [0.5, 0.6) is 0 Å². The number of anilines is 1. The molecule has 150 valence electrons. The Hall–Kier alpha value is -1.41. The first-order valence-electron chi connectivity index (χ1n) is 10.0. The predicted molar refractivity (Wildman–Crippen MR) is 120 cm³/mol. The molecule has 0 spiro atoms. The zero-order chi connectivity index (χ0) is 19.5. The van der Waals surface area contributed by atoms with Crippen LogP contribution >= 0.6 is 24.0 Å². The van der Waals surface area contributed by atoms with E-state index in [4.69, 9.17) is 17.0 Å². The highest BCUT2D eigenvalue weighted by Crippen LogP contribution is 2.34. The number of hydrogen-bond donors (Lipinski definition) is 0. The molecule has 1 aromatic rings. The fourth-order valence-electron chi connectivity index (χ4n) is 4.02. The van der Waals surface area contributed by atoms with E-state index in [1.165, 1.54) is 29.4 Å². The molecule has 7 heteroatoms. The maximum Gasteiger partial charge on any atom is 0.266 e. The van der Waals surface area contributed by atoms with Crippen molar-refractivity contribution in [3.63, 3.8) is 0 Å². The lowest BCUT2D eigenvalue weighted by molar-refractivity contribution is -0.122. The quantitative estimate of drug-likeness (QED) is 0.542. The van der Waals surface area contributed by atoms with Crippen LogP contribution in [0.4, 0.5) is 5.69 Å². The van der Waals surface area contributed by atoms with Gasteiger partial charge < -0.3 is 9.64 Å². The maximum absolute atomic E-state index is 12.9. The molecule has 3 aliphatic heterocycles. The Kier molecular flexibility index (Phi) is 6.35. The minimum absolute atomic E-state index is 0.0480. The van der Waals surface area contributed by atoms with Gasteiger partial charge in [0.25, 0.3) is 5.91 Å². The number of nitrogens with zero attached hydrogens (tertiary/aromatic N) is 3. The lowest BCUT2D eigenvalue weighted by Gasteiger charge is -2.27. The molecule has 0 unspecified atom stereocenters. The van der Waals surface area contributed by atoms with Crippen molar-refractivity contribution >= 4 is 46.0 Å². The highest BCUT2D eigenvalue weighted by Gasteiger charge is 2.31. The van der Waals surface area contributed by atoms with Crippen LogP contribution in [0.1, 0.15) is 24.0 Å². The summed E-state index contributed by atoms with van der Waals surface area (Å²) >= 11 is 6.91. The minimum atomic E-state index is 0.0480. The monoisotopic (exact) mass is 417 g/mol. The largest absolute Gasteiger partial charge is 0.379 e. The van der Waals surface area contributed by atoms with Crippen molar-refractivity contribution in [1.82, 2.24) is 9.80 Å². The molecule has 0 aliphatic carbocycles. The van der Waals surface area contributed by atoms with Gasteiger partial charge in [-0.1, -0.05) is 30.0 Å². The van der Waals surface area contributed by atoms with E-state index in [2.05, 4.69) is 35.0 Å². The maximum atomic E-state index is 12.9. The SMILES string of the molecule is CN1CCCc2cc(/C=C3\SC(=S)N(CCCN4CCOCC4)C3=O)ccc21. The number of aryl methyl sites for hydroxylation is 1. The van der Waals surface area contributed by atoms with Crippen LogP contribution in [0.3, 0.4) is 0 Å². The van der Waals surface area contributed by atoms with Gasteiger partial charge in [-0.3, -0.25) is 14.6 Å². The van der Waals surface area contributed by atoms with Gasteiger partial charge in [0, 0.05) is 45.5 Å². The summed E-state index contributed by atoms with van der Waals surface area (Å²) in [5, 5.41) is 0. The molecule has 1 aromatic carbocycles. The summed E-state index contributed by atoms with van der Waals surface area (Å²) in [6, 6.07) is 6.49. The van der Waals surface area contributed by atoms with Crippen LogP contribution in [0.2, 0.25) is 0 Å². The van der Waals surface area contributed by atoms with E-state index >= 15 is 0 Å². The highest BCUT2D eigenvalue weighted by molar-refractivity contribution is 8.26. The molecule has 0 aromatic heterocycles. The van der Waals surface area contributed by atoms with Gasteiger partial charge in [-0.25, -0.2) is 0 Å². The van der Waals surface area contributed by atoms with Gasteiger partial charge in [0.05, 0.1) is 18.1 Å². The molecule has 4 rings (SSSR count). The summed E-state index contributed by atoms with van der Waals surface area (Å²) in [7, 11) is 2.14. The average Bonchev–Trinajstić information content (AvgIpc) is 2.96. The number of amides is 1. The molecule has 0 bridgehead atoms. The Morgan fingerprint density at radius 1 is 1.21 bits per heavy atom. The summed E-state index contributed by atoms with van der Waals surface area (Å²) in [6.45, 7) is 6.35. The lowest BCUT2D eigenvalue weighted by atomic mass is 9.99. The average molecular weight is 418 g/mol. The van der Waals surface area contributed by atoms with Crippen LogP contribution in [-0.4, -0.2) is 73.0 Å². The van der Waals surface area contributed by atoms with Crippen molar-refractivity contribution in [2.24, 2.45) is 0 Å². The Morgan fingerprint density at radius 2 is 2.04 bits per heavy atom. The van der Waals surface area contributed by atoms with Crippen LogP contribution in [0.15, 0.2) is 23.1 Å². The number of thiocarbonyl (C=S) groups is 1. The molecule has 2 saturated heterocycles. The van der Waals surface area contributed by atoms with E-state index < -0.39 is 0 Å². The molecular weight excluding hydrogens is 390 g/mol. The molecule has 0 radical (unpaired) electrons. The number of hydrogen-bond acceptors (Lipinski definition) is 6. The zero-order valence-corrected chi connectivity index (χ0v) is 18.0. The fourth-order valence-corrected chi connectivity index (χ4v) is 5.32. The first kappa shape index (κ1) is 19.9. The number of thioether (sulfide) groups is 1. The van der Waals surface area contributed by atoms with E-state index in [9.17, 15) is 4.79 Å². The third-order valence-electron chi connectivity index (χ3n) is 5.59. The molecular formula is C21H27N3O2S2. The second kappa shape index (κ2) is 8.95.